The topological polar surface area (TPSA) is 13.1 Å². The Bertz CT molecular complexity index is 188. The molecule has 1 aromatic heterocycles. The van der Waals surface area contributed by atoms with Crippen LogP contribution in [0.3, 0.4) is 0 Å². The second-order valence-electron chi connectivity index (χ2n) is 2.62. The first kappa shape index (κ1) is 7.39. The first-order valence-electron chi connectivity index (χ1n) is 3.88. The van der Waals surface area contributed by atoms with Gasteiger partial charge >= 0.3 is 0 Å². The molecule has 0 N–H and O–H groups in total. The predicted molar refractivity (Wildman–Crippen MR) is 42.1 cm³/mol. The summed E-state index contributed by atoms with van der Waals surface area (Å²) in [5, 5.41) is 0. The summed E-state index contributed by atoms with van der Waals surface area (Å²) in [6.45, 7) is 4.17. The van der Waals surface area contributed by atoms with Crippen LogP contribution >= 0.6 is 0 Å². The lowest BCUT2D eigenvalue weighted by Gasteiger charge is -1.91. The van der Waals surface area contributed by atoms with Gasteiger partial charge in [0.15, 0.2) is 0 Å². The minimum absolute atomic E-state index is 1.02. The highest BCUT2D eigenvalue weighted by Crippen LogP contribution is 2.08. The van der Waals surface area contributed by atoms with Crippen molar-refractivity contribution in [2.45, 2.75) is 33.1 Å². The van der Waals surface area contributed by atoms with Gasteiger partial charge in [0.2, 0.25) is 0 Å². The zero-order chi connectivity index (χ0) is 7.40. The van der Waals surface area contributed by atoms with E-state index in [4.69, 9.17) is 4.42 Å². The maximum atomic E-state index is 5.39. The highest BCUT2D eigenvalue weighted by atomic mass is 16.3. The molecular formula is C9H14O. The van der Waals surface area contributed by atoms with Crippen LogP contribution < -0.4 is 0 Å². The molecule has 0 amide bonds. The molecule has 0 aliphatic heterocycles. The average Bonchev–Trinajstić information content (AvgIpc) is 2.31. The zero-order valence-electron chi connectivity index (χ0n) is 6.68. The zero-order valence-corrected chi connectivity index (χ0v) is 6.68. The van der Waals surface area contributed by atoms with Gasteiger partial charge in [0.05, 0.1) is 0 Å². The van der Waals surface area contributed by atoms with Crippen LogP contribution in [0.4, 0.5) is 0 Å². The highest BCUT2D eigenvalue weighted by Gasteiger charge is 1.95. The molecule has 0 fully saturated rings. The number of rotatable bonds is 3. The van der Waals surface area contributed by atoms with E-state index < -0.39 is 0 Å². The highest BCUT2D eigenvalue weighted by molar-refractivity contribution is 5.05. The second kappa shape index (κ2) is 3.45. The molecule has 0 unspecified atom stereocenters. The molecule has 0 aliphatic rings. The van der Waals surface area contributed by atoms with Gasteiger partial charge in [-0.1, -0.05) is 13.3 Å². The Balaban J connectivity index is 2.42. The van der Waals surface area contributed by atoms with Crippen molar-refractivity contribution in [1.29, 1.82) is 0 Å². The van der Waals surface area contributed by atoms with E-state index in [9.17, 15) is 0 Å². The number of hydrogen-bond donors (Lipinski definition) is 0. The van der Waals surface area contributed by atoms with Crippen LogP contribution in [-0.4, -0.2) is 0 Å². The molecule has 1 nitrogen and oxygen atoms in total. The molecule has 1 heterocycles. The fourth-order valence-corrected chi connectivity index (χ4v) is 0.970. The first-order chi connectivity index (χ1) is 4.83. The van der Waals surface area contributed by atoms with Gasteiger partial charge in [-0.15, -0.1) is 0 Å². The van der Waals surface area contributed by atoms with Crippen molar-refractivity contribution >= 4 is 0 Å². The minimum atomic E-state index is 1.02. The molecule has 0 aliphatic carbocycles. The van der Waals surface area contributed by atoms with Crippen LogP contribution in [0.25, 0.3) is 0 Å². The lowest BCUT2D eigenvalue weighted by Crippen LogP contribution is -1.78. The summed E-state index contributed by atoms with van der Waals surface area (Å²) in [6.07, 6.45) is 3.55. The molecule has 0 saturated carbocycles. The Hall–Kier alpha value is -0.720. The third-order valence-electron chi connectivity index (χ3n) is 1.57. The van der Waals surface area contributed by atoms with Gasteiger partial charge in [0, 0.05) is 6.42 Å². The van der Waals surface area contributed by atoms with Crippen LogP contribution in [0, 0.1) is 6.92 Å². The van der Waals surface area contributed by atoms with E-state index >= 15 is 0 Å². The van der Waals surface area contributed by atoms with E-state index in [1.165, 1.54) is 12.8 Å². The Morgan fingerprint density at radius 1 is 1.40 bits per heavy atom. The number of furan rings is 1. The minimum Gasteiger partial charge on any atom is -0.466 e. The van der Waals surface area contributed by atoms with Crippen molar-refractivity contribution in [3.63, 3.8) is 0 Å². The number of unbranched alkanes of at least 4 members (excludes halogenated alkanes) is 1. The van der Waals surface area contributed by atoms with Gasteiger partial charge in [0.25, 0.3) is 0 Å². The summed E-state index contributed by atoms with van der Waals surface area (Å²) in [7, 11) is 0. The Morgan fingerprint density at radius 3 is 2.70 bits per heavy atom. The van der Waals surface area contributed by atoms with Crippen molar-refractivity contribution in [2.75, 3.05) is 0 Å². The average molecular weight is 138 g/mol. The van der Waals surface area contributed by atoms with E-state index in [1.54, 1.807) is 0 Å². The number of aryl methyl sites for hydroxylation is 2. The summed E-state index contributed by atoms with van der Waals surface area (Å²) in [5.41, 5.74) is 0. The summed E-state index contributed by atoms with van der Waals surface area (Å²) in [6, 6.07) is 4.08. The summed E-state index contributed by atoms with van der Waals surface area (Å²) in [5.74, 6) is 2.14. The monoisotopic (exact) mass is 138 g/mol. The molecule has 0 saturated heterocycles. The third kappa shape index (κ3) is 1.90. The van der Waals surface area contributed by atoms with Gasteiger partial charge in [-0.2, -0.15) is 0 Å². The number of hydrogen-bond acceptors (Lipinski definition) is 1. The SMILES string of the molecule is CCCCc1ccc(C)o1. The van der Waals surface area contributed by atoms with Crippen LogP contribution in [0.2, 0.25) is 0 Å². The molecule has 0 radical (unpaired) electrons. The fourth-order valence-electron chi connectivity index (χ4n) is 0.970. The molecule has 0 spiro atoms. The quantitative estimate of drug-likeness (QED) is 0.626. The van der Waals surface area contributed by atoms with Crippen LogP contribution in [0.1, 0.15) is 31.3 Å². The maximum absolute atomic E-state index is 5.39. The summed E-state index contributed by atoms with van der Waals surface area (Å²) < 4.78 is 5.39. The standard InChI is InChI=1S/C9H14O/c1-3-4-5-9-7-6-8(2)10-9/h6-7H,3-5H2,1-2H3. The Kier molecular flexibility index (Phi) is 2.55. The van der Waals surface area contributed by atoms with E-state index in [0.29, 0.717) is 0 Å². The van der Waals surface area contributed by atoms with Crippen molar-refractivity contribution in [2.24, 2.45) is 0 Å². The molecule has 0 bridgehead atoms. The van der Waals surface area contributed by atoms with Crippen molar-refractivity contribution in [3.8, 4) is 0 Å². The third-order valence-corrected chi connectivity index (χ3v) is 1.57. The smallest absolute Gasteiger partial charge is 0.104 e. The lowest BCUT2D eigenvalue weighted by molar-refractivity contribution is 0.476. The lowest BCUT2D eigenvalue weighted by atomic mass is 10.2. The van der Waals surface area contributed by atoms with Crippen LogP contribution in [0.5, 0.6) is 0 Å². The molecule has 1 heteroatoms. The molecule has 56 valence electrons. The van der Waals surface area contributed by atoms with Crippen LogP contribution in [-0.2, 0) is 6.42 Å². The van der Waals surface area contributed by atoms with Crippen molar-refractivity contribution in [3.05, 3.63) is 23.7 Å². The molecule has 0 atom stereocenters. The molecule has 1 aromatic rings. The van der Waals surface area contributed by atoms with E-state index in [2.05, 4.69) is 13.0 Å². The molecular weight excluding hydrogens is 124 g/mol. The predicted octanol–water partition coefficient (Wildman–Crippen LogP) is 2.93. The fraction of sp³-hybridized carbons (Fsp3) is 0.556. The van der Waals surface area contributed by atoms with Gasteiger partial charge < -0.3 is 4.42 Å². The molecule has 1 rings (SSSR count). The molecule has 0 aromatic carbocycles. The van der Waals surface area contributed by atoms with Gasteiger partial charge in [-0.3, -0.25) is 0 Å². The molecule has 10 heavy (non-hydrogen) atoms. The first-order valence-corrected chi connectivity index (χ1v) is 3.88. The van der Waals surface area contributed by atoms with E-state index in [1.807, 2.05) is 13.0 Å². The van der Waals surface area contributed by atoms with E-state index in [-0.39, 0.29) is 0 Å². The van der Waals surface area contributed by atoms with Gasteiger partial charge in [-0.05, 0) is 25.5 Å². The normalized spacial score (nSPS) is 10.2. The largest absolute Gasteiger partial charge is 0.466 e. The summed E-state index contributed by atoms with van der Waals surface area (Å²) >= 11 is 0. The summed E-state index contributed by atoms with van der Waals surface area (Å²) in [4.78, 5) is 0. The van der Waals surface area contributed by atoms with Gasteiger partial charge in [0.1, 0.15) is 11.5 Å². The van der Waals surface area contributed by atoms with Gasteiger partial charge in [-0.25, -0.2) is 0 Å². The Morgan fingerprint density at radius 2 is 2.20 bits per heavy atom. The Labute approximate surface area is 62.1 Å². The second-order valence-corrected chi connectivity index (χ2v) is 2.62. The van der Waals surface area contributed by atoms with Crippen LogP contribution in [0.15, 0.2) is 16.5 Å². The van der Waals surface area contributed by atoms with Crippen molar-refractivity contribution in [1.82, 2.24) is 0 Å². The maximum Gasteiger partial charge on any atom is 0.104 e. The van der Waals surface area contributed by atoms with E-state index in [0.717, 1.165) is 17.9 Å². The van der Waals surface area contributed by atoms with Crippen molar-refractivity contribution < 1.29 is 4.42 Å².